The molecule has 2 aromatic rings. The van der Waals surface area contributed by atoms with Crippen LogP contribution < -0.4 is 5.32 Å². The molecule has 202 valence electrons. The Bertz CT molecular complexity index is 1100. The maximum Gasteiger partial charge on any atom is 0.410 e. The molecule has 1 unspecified atom stereocenters. The van der Waals surface area contributed by atoms with Crippen molar-refractivity contribution in [3.8, 4) is 0 Å². The molecule has 0 radical (unpaired) electrons. The molecule has 1 fully saturated rings. The van der Waals surface area contributed by atoms with Gasteiger partial charge in [0.05, 0.1) is 6.04 Å². The van der Waals surface area contributed by atoms with Crippen molar-refractivity contribution in [2.75, 3.05) is 26.2 Å². The van der Waals surface area contributed by atoms with E-state index in [1.807, 2.05) is 88.9 Å². The molecule has 8 nitrogen and oxygen atoms in total. The number of piperazine rings is 1. The van der Waals surface area contributed by atoms with E-state index < -0.39 is 17.3 Å². The molecule has 0 saturated carbocycles. The van der Waals surface area contributed by atoms with Crippen LogP contribution in [0, 0.1) is 0 Å². The van der Waals surface area contributed by atoms with Gasteiger partial charge in [-0.05, 0) is 77.6 Å². The number of amides is 3. The Kier molecular flexibility index (Phi) is 9.05. The van der Waals surface area contributed by atoms with E-state index in [2.05, 4.69) is 5.32 Å². The molecule has 1 saturated heterocycles. The van der Waals surface area contributed by atoms with Crippen LogP contribution in [-0.2, 0) is 9.47 Å². The number of alkyl carbamates (subject to hydrolysis) is 1. The summed E-state index contributed by atoms with van der Waals surface area (Å²) in [7, 11) is 0. The first-order valence-corrected chi connectivity index (χ1v) is 13.1. The number of nitrogens with zero attached hydrogens (tertiary/aromatic N) is 2. The maximum absolute atomic E-state index is 13.6. The van der Waals surface area contributed by atoms with Gasteiger partial charge in [0.2, 0.25) is 0 Å². The summed E-state index contributed by atoms with van der Waals surface area (Å²) in [6.45, 7) is 12.8. The Morgan fingerprint density at radius 2 is 1.57 bits per heavy atom. The third-order valence-corrected chi connectivity index (χ3v) is 6.05. The molecule has 2 aromatic carbocycles. The molecular formula is C29H41N3O5. The summed E-state index contributed by atoms with van der Waals surface area (Å²) >= 11 is 0. The summed E-state index contributed by atoms with van der Waals surface area (Å²) in [5.41, 5.74) is -0.473. The number of nitrogens with one attached hydrogen (secondary N) is 1. The van der Waals surface area contributed by atoms with Gasteiger partial charge in [-0.2, -0.15) is 0 Å². The van der Waals surface area contributed by atoms with E-state index in [1.54, 1.807) is 4.90 Å². The fourth-order valence-corrected chi connectivity index (χ4v) is 4.44. The van der Waals surface area contributed by atoms with Crippen molar-refractivity contribution in [2.24, 2.45) is 0 Å². The van der Waals surface area contributed by atoms with Crippen molar-refractivity contribution in [1.29, 1.82) is 0 Å². The number of ether oxygens (including phenoxy) is 2. The van der Waals surface area contributed by atoms with E-state index in [0.29, 0.717) is 38.2 Å². The van der Waals surface area contributed by atoms with Gasteiger partial charge in [-0.15, -0.1) is 0 Å². The van der Waals surface area contributed by atoms with E-state index in [-0.39, 0.29) is 18.0 Å². The van der Waals surface area contributed by atoms with Crippen LogP contribution in [0.15, 0.2) is 42.5 Å². The molecule has 1 N–H and O–H groups in total. The Balaban J connectivity index is 1.66. The highest BCUT2D eigenvalue weighted by atomic mass is 16.6. The zero-order valence-corrected chi connectivity index (χ0v) is 23.0. The monoisotopic (exact) mass is 511 g/mol. The van der Waals surface area contributed by atoms with Crippen LogP contribution in [-0.4, -0.2) is 71.3 Å². The van der Waals surface area contributed by atoms with Crippen LogP contribution in [0.3, 0.4) is 0 Å². The van der Waals surface area contributed by atoms with Gasteiger partial charge >= 0.3 is 12.2 Å². The molecule has 8 heteroatoms. The standard InChI is InChI=1S/C29H41N3O5/c1-28(2,3)36-26(34)30-17-10-9-14-22-20-31(18-19-32(22)27(35)37-29(4,5)6)25(33)24-16-11-13-21-12-7-8-15-23(21)24/h7-8,11-13,15-16,22H,9-10,14,17-20H2,1-6H3,(H,30,34). The Labute approximate surface area is 220 Å². The largest absolute Gasteiger partial charge is 0.444 e. The SMILES string of the molecule is CC(C)(C)OC(=O)NCCCCC1CN(C(=O)c2cccc3ccccc23)CCN1C(=O)OC(C)(C)C. The number of benzene rings is 2. The summed E-state index contributed by atoms with van der Waals surface area (Å²) in [5, 5.41) is 4.72. The second-order valence-corrected chi connectivity index (χ2v) is 11.5. The predicted octanol–water partition coefficient (Wildman–Crippen LogP) is 5.60. The van der Waals surface area contributed by atoms with E-state index in [0.717, 1.165) is 23.6 Å². The summed E-state index contributed by atoms with van der Waals surface area (Å²) < 4.78 is 10.9. The zero-order chi connectivity index (χ0) is 27.2. The molecular weight excluding hydrogens is 470 g/mol. The smallest absolute Gasteiger partial charge is 0.410 e. The second kappa shape index (κ2) is 11.8. The summed E-state index contributed by atoms with van der Waals surface area (Å²) in [5.74, 6) is -0.0303. The van der Waals surface area contributed by atoms with Gasteiger partial charge in [0.1, 0.15) is 11.2 Å². The minimum Gasteiger partial charge on any atom is -0.444 e. The number of hydrogen-bond donors (Lipinski definition) is 1. The van der Waals surface area contributed by atoms with Crippen LogP contribution in [0.5, 0.6) is 0 Å². The van der Waals surface area contributed by atoms with E-state index in [9.17, 15) is 14.4 Å². The van der Waals surface area contributed by atoms with E-state index in [1.165, 1.54) is 0 Å². The molecule has 1 aliphatic rings. The number of unbranched alkanes of at least 4 members (excludes halogenated alkanes) is 1. The number of carbonyl (C=O) groups excluding carboxylic acids is 3. The third-order valence-electron chi connectivity index (χ3n) is 6.05. The lowest BCUT2D eigenvalue weighted by atomic mass is 10.0. The summed E-state index contributed by atoms with van der Waals surface area (Å²) in [4.78, 5) is 42.0. The van der Waals surface area contributed by atoms with E-state index >= 15 is 0 Å². The number of fused-ring (bicyclic) bond motifs is 1. The molecule has 0 spiro atoms. The number of carbonyl (C=O) groups is 3. The van der Waals surface area contributed by atoms with Crippen LogP contribution in [0.25, 0.3) is 10.8 Å². The van der Waals surface area contributed by atoms with Gasteiger partial charge in [0.25, 0.3) is 5.91 Å². The van der Waals surface area contributed by atoms with Crippen LogP contribution in [0.1, 0.15) is 71.2 Å². The first-order valence-electron chi connectivity index (χ1n) is 13.1. The first kappa shape index (κ1) is 28.3. The van der Waals surface area contributed by atoms with Crippen LogP contribution in [0.2, 0.25) is 0 Å². The third kappa shape index (κ3) is 8.37. The quantitative estimate of drug-likeness (QED) is 0.510. The molecule has 0 aliphatic carbocycles. The molecule has 0 aromatic heterocycles. The Morgan fingerprint density at radius 1 is 0.892 bits per heavy atom. The average molecular weight is 512 g/mol. The Hall–Kier alpha value is -3.29. The van der Waals surface area contributed by atoms with Crippen molar-refractivity contribution in [3.63, 3.8) is 0 Å². The molecule has 1 aliphatic heterocycles. The average Bonchev–Trinajstić information content (AvgIpc) is 2.80. The molecule has 3 rings (SSSR count). The van der Waals surface area contributed by atoms with Crippen molar-refractivity contribution in [1.82, 2.24) is 15.1 Å². The minimum absolute atomic E-state index is 0.0303. The Morgan fingerprint density at radius 3 is 2.27 bits per heavy atom. The number of hydrogen-bond acceptors (Lipinski definition) is 5. The minimum atomic E-state index is -0.602. The highest BCUT2D eigenvalue weighted by Crippen LogP contribution is 2.24. The molecule has 1 heterocycles. The topological polar surface area (TPSA) is 88.2 Å². The normalized spacial score (nSPS) is 16.4. The summed E-state index contributed by atoms with van der Waals surface area (Å²) in [6, 6.07) is 13.5. The summed E-state index contributed by atoms with van der Waals surface area (Å²) in [6.07, 6.45) is 1.40. The fraction of sp³-hybridized carbons (Fsp3) is 0.552. The predicted molar refractivity (Wildman–Crippen MR) is 145 cm³/mol. The van der Waals surface area contributed by atoms with Gasteiger partial charge < -0.3 is 24.6 Å². The number of rotatable bonds is 6. The molecule has 37 heavy (non-hydrogen) atoms. The van der Waals surface area contributed by atoms with Gasteiger partial charge in [0, 0.05) is 31.7 Å². The van der Waals surface area contributed by atoms with Crippen molar-refractivity contribution in [3.05, 3.63) is 48.0 Å². The molecule has 1 atom stereocenters. The van der Waals surface area contributed by atoms with Crippen molar-refractivity contribution >= 4 is 28.9 Å². The van der Waals surface area contributed by atoms with Crippen LogP contribution >= 0.6 is 0 Å². The van der Waals surface area contributed by atoms with Gasteiger partial charge in [0.15, 0.2) is 0 Å². The van der Waals surface area contributed by atoms with Gasteiger partial charge in [-0.25, -0.2) is 9.59 Å². The highest BCUT2D eigenvalue weighted by molar-refractivity contribution is 6.07. The van der Waals surface area contributed by atoms with Gasteiger partial charge in [-0.1, -0.05) is 36.4 Å². The van der Waals surface area contributed by atoms with Crippen molar-refractivity contribution < 1.29 is 23.9 Å². The molecule has 0 bridgehead atoms. The molecule has 3 amide bonds. The van der Waals surface area contributed by atoms with Crippen molar-refractivity contribution in [2.45, 2.75) is 78.0 Å². The van der Waals surface area contributed by atoms with Gasteiger partial charge in [-0.3, -0.25) is 4.79 Å². The lowest BCUT2D eigenvalue weighted by Gasteiger charge is -2.42. The second-order valence-electron chi connectivity index (χ2n) is 11.5. The fourth-order valence-electron chi connectivity index (χ4n) is 4.44. The highest BCUT2D eigenvalue weighted by Gasteiger charge is 2.35. The van der Waals surface area contributed by atoms with E-state index in [4.69, 9.17) is 9.47 Å². The van der Waals surface area contributed by atoms with Crippen LogP contribution in [0.4, 0.5) is 9.59 Å². The zero-order valence-electron chi connectivity index (χ0n) is 23.0. The first-order chi connectivity index (χ1) is 17.3. The lowest BCUT2D eigenvalue weighted by Crippen LogP contribution is -2.57. The lowest BCUT2D eigenvalue weighted by molar-refractivity contribution is -0.00217. The maximum atomic E-state index is 13.6.